The Kier molecular flexibility index (Phi) is 4.18. The maximum atomic E-state index is 5.35. The molecule has 1 aliphatic carbocycles. The lowest BCUT2D eigenvalue weighted by molar-refractivity contribution is 0.296. The molecule has 0 amide bonds. The molecular formula is C30H33N3. The first-order chi connectivity index (χ1) is 15.9. The fraction of sp³-hybridized carbons (Fsp3) is 0.367. The molecule has 3 atom stereocenters. The van der Waals surface area contributed by atoms with Gasteiger partial charge < -0.3 is 9.80 Å². The molecule has 3 heterocycles. The molecule has 3 aromatic rings. The van der Waals surface area contributed by atoms with Crippen molar-refractivity contribution in [3.8, 4) is 11.3 Å². The van der Waals surface area contributed by atoms with Crippen LogP contribution in [0.1, 0.15) is 51.7 Å². The van der Waals surface area contributed by atoms with Crippen LogP contribution in [-0.2, 0) is 5.41 Å². The fourth-order valence-electron chi connectivity index (χ4n) is 7.32. The summed E-state index contributed by atoms with van der Waals surface area (Å²) in [5, 5.41) is 0. The summed E-state index contributed by atoms with van der Waals surface area (Å²) in [5.74, 6) is 1.08. The number of rotatable bonds is 4. The molecule has 3 nitrogen and oxygen atoms in total. The minimum Gasteiger partial charge on any atom is -0.344 e. The van der Waals surface area contributed by atoms with Gasteiger partial charge in [0.15, 0.2) is 5.82 Å². The summed E-state index contributed by atoms with van der Waals surface area (Å²) in [6, 6.07) is 22.4. The molecule has 3 heteroatoms. The largest absolute Gasteiger partial charge is 0.344 e. The molecule has 0 radical (unpaired) electrons. The van der Waals surface area contributed by atoms with E-state index >= 15 is 0 Å². The van der Waals surface area contributed by atoms with Crippen molar-refractivity contribution in [2.45, 2.75) is 65.1 Å². The van der Waals surface area contributed by atoms with Crippen molar-refractivity contribution >= 4 is 17.2 Å². The third kappa shape index (κ3) is 2.23. The van der Waals surface area contributed by atoms with Crippen LogP contribution in [0.3, 0.4) is 0 Å². The Labute approximate surface area is 197 Å². The second-order valence-corrected chi connectivity index (χ2v) is 10.2. The van der Waals surface area contributed by atoms with Gasteiger partial charge in [0.2, 0.25) is 0 Å². The van der Waals surface area contributed by atoms with Crippen LogP contribution in [-0.4, -0.2) is 17.2 Å². The highest BCUT2D eigenvalue weighted by molar-refractivity contribution is 5.90. The number of para-hydroxylation sites is 1. The molecule has 1 aromatic heterocycles. The van der Waals surface area contributed by atoms with Crippen molar-refractivity contribution in [2.75, 3.05) is 9.80 Å². The van der Waals surface area contributed by atoms with E-state index < -0.39 is 0 Å². The molecule has 0 spiro atoms. The molecule has 0 bridgehead atoms. The van der Waals surface area contributed by atoms with Gasteiger partial charge in [-0.05, 0) is 62.9 Å². The van der Waals surface area contributed by atoms with E-state index in [1.165, 1.54) is 33.6 Å². The number of benzene rings is 2. The van der Waals surface area contributed by atoms with E-state index in [2.05, 4.69) is 105 Å². The molecule has 0 saturated heterocycles. The summed E-state index contributed by atoms with van der Waals surface area (Å²) >= 11 is 0. The van der Waals surface area contributed by atoms with Gasteiger partial charge in [-0.15, -0.1) is 0 Å². The number of nitrogens with zero attached hydrogens (tertiary/aromatic N) is 3. The second-order valence-electron chi connectivity index (χ2n) is 10.2. The predicted octanol–water partition coefficient (Wildman–Crippen LogP) is 7.38. The van der Waals surface area contributed by atoms with Gasteiger partial charge in [-0.1, -0.05) is 68.5 Å². The van der Waals surface area contributed by atoms with Crippen LogP contribution in [0.15, 0.2) is 72.8 Å². The molecule has 3 aliphatic rings. The van der Waals surface area contributed by atoms with Crippen LogP contribution < -0.4 is 9.80 Å². The van der Waals surface area contributed by atoms with Gasteiger partial charge >= 0.3 is 0 Å². The normalized spacial score (nSPS) is 26.7. The summed E-state index contributed by atoms with van der Waals surface area (Å²) < 4.78 is 0. The quantitative estimate of drug-likeness (QED) is 0.399. The Morgan fingerprint density at radius 3 is 2.36 bits per heavy atom. The number of aryl methyl sites for hydroxylation is 1. The van der Waals surface area contributed by atoms with Crippen molar-refractivity contribution in [3.63, 3.8) is 0 Å². The SMILES string of the molecule is C=C1C2(CC)c3ccccc3N3c4nc(-c5ccccc5C)ccc4N(C(C)C)C3C12CC. The molecule has 2 aromatic carbocycles. The molecule has 1 saturated carbocycles. The molecule has 6 rings (SSSR count). The number of anilines is 3. The topological polar surface area (TPSA) is 19.4 Å². The Morgan fingerprint density at radius 1 is 0.939 bits per heavy atom. The first-order valence-electron chi connectivity index (χ1n) is 12.4. The van der Waals surface area contributed by atoms with Crippen LogP contribution >= 0.6 is 0 Å². The summed E-state index contributed by atoms with van der Waals surface area (Å²) in [7, 11) is 0. The van der Waals surface area contributed by atoms with Crippen molar-refractivity contribution in [1.82, 2.24) is 4.98 Å². The Hall–Kier alpha value is -3.07. The number of fused-ring (bicyclic) bond motifs is 8. The lowest BCUT2D eigenvalue weighted by Crippen LogP contribution is -2.55. The summed E-state index contributed by atoms with van der Waals surface area (Å²) in [4.78, 5) is 10.5. The zero-order chi connectivity index (χ0) is 23.1. The lowest BCUT2D eigenvalue weighted by Gasteiger charge is -2.46. The standard InChI is InChI=1S/C30H33N3/c1-7-29-21(6)30(29,8-2)28-32(19(3)4)26-18-17-24(22-14-10-9-13-20(22)5)31-27(26)33(28)25-16-12-11-15-23(25)29/h9-19,28H,6-8H2,1-5H3. The molecule has 33 heavy (non-hydrogen) atoms. The van der Waals surface area contributed by atoms with Crippen LogP contribution in [0.4, 0.5) is 17.2 Å². The second kappa shape index (κ2) is 6.72. The number of hydrogen-bond donors (Lipinski definition) is 0. The minimum absolute atomic E-state index is 0.0316. The monoisotopic (exact) mass is 435 g/mol. The number of hydrogen-bond acceptors (Lipinski definition) is 3. The van der Waals surface area contributed by atoms with Gasteiger partial charge in [0.1, 0.15) is 6.17 Å². The highest BCUT2D eigenvalue weighted by atomic mass is 15.5. The molecule has 0 N–H and O–H groups in total. The van der Waals surface area contributed by atoms with E-state index in [1.807, 2.05) is 0 Å². The molecule has 3 unspecified atom stereocenters. The average molecular weight is 436 g/mol. The summed E-state index contributed by atoms with van der Waals surface area (Å²) in [6.45, 7) is 16.2. The zero-order valence-corrected chi connectivity index (χ0v) is 20.4. The number of aromatic nitrogens is 1. The Morgan fingerprint density at radius 2 is 1.67 bits per heavy atom. The van der Waals surface area contributed by atoms with Crippen LogP contribution in [0, 0.1) is 12.3 Å². The maximum Gasteiger partial charge on any atom is 0.159 e. The van der Waals surface area contributed by atoms with Crippen LogP contribution in [0.2, 0.25) is 0 Å². The first kappa shape index (κ1) is 20.5. The van der Waals surface area contributed by atoms with E-state index in [4.69, 9.17) is 11.6 Å². The predicted molar refractivity (Wildman–Crippen MR) is 138 cm³/mol. The van der Waals surface area contributed by atoms with E-state index in [0.29, 0.717) is 6.04 Å². The van der Waals surface area contributed by atoms with Crippen molar-refractivity contribution in [1.29, 1.82) is 0 Å². The minimum atomic E-state index is 0.0316. The average Bonchev–Trinajstić information content (AvgIpc) is 3.20. The molecule has 2 aliphatic heterocycles. The summed E-state index contributed by atoms with van der Waals surface area (Å²) in [5.41, 5.74) is 8.94. The van der Waals surface area contributed by atoms with Gasteiger partial charge in [-0.3, -0.25) is 0 Å². The first-order valence-corrected chi connectivity index (χ1v) is 12.4. The van der Waals surface area contributed by atoms with E-state index in [9.17, 15) is 0 Å². The van der Waals surface area contributed by atoms with Crippen molar-refractivity contribution in [3.05, 3.63) is 83.9 Å². The molecule has 1 fully saturated rings. The Balaban J connectivity index is 1.64. The third-order valence-electron chi connectivity index (χ3n) is 8.75. The third-order valence-corrected chi connectivity index (χ3v) is 8.75. The zero-order valence-electron chi connectivity index (χ0n) is 20.4. The highest BCUT2D eigenvalue weighted by Crippen LogP contribution is 2.80. The van der Waals surface area contributed by atoms with Crippen LogP contribution in [0.25, 0.3) is 11.3 Å². The fourth-order valence-corrected chi connectivity index (χ4v) is 7.32. The van der Waals surface area contributed by atoms with Crippen LogP contribution in [0.5, 0.6) is 0 Å². The van der Waals surface area contributed by atoms with Gasteiger partial charge in [-0.2, -0.15) is 0 Å². The highest BCUT2D eigenvalue weighted by Gasteiger charge is 2.79. The molecular weight excluding hydrogens is 402 g/mol. The molecule has 168 valence electrons. The van der Waals surface area contributed by atoms with Crippen molar-refractivity contribution in [2.24, 2.45) is 5.41 Å². The smallest absolute Gasteiger partial charge is 0.159 e. The van der Waals surface area contributed by atoms with Gasteiger partial charge in [-0.25, -0.2) is 4.98 Å². The lowest BCUT2D eigenvalue weighted by atomic mass is 9.76. The maximum absolute atomic E-state index is 5.35. The Bertz CT molecular complexity index is 1290. The van der Waals surface area contributed by atoms with Gasteiger partial charge in [0, 0.05) is 28.1 Å². The van der Waals surface area contributed by atoms with Gasteiger partial charge in [0.25, 0.3) is 0 Å². The van der Waals surface area contributed by atoms with E-state index in [-0.39, 0.29) is 17.0 Å². The van der Waals surface area contributed by atoms with E-state index in [1.54, 1.807) is 0 Å². The van der Waals surface area contributed by atoms with Crippen molar-refractivity contribution < 1.29 is 0 Å². The summed E-state index contributed by atoms with van der Waals surface area (Å²) in [6.07, 6.45) is 2.38. The number of pyridine rings is 1. The van der Waals surface area contributed by atoms with Gasteiger partial charge in [0.05, 0.1) is 11.4 Å². The van der Waals surface area contributed by atoms with E-state index in [0.717, 1.165) is 24.4 Å².